The van der Waals surface area contributed by atoms with E-state index in [1.54, 1.807) is 0 Å². The SMILES string of the molecule is CC(C)CCCNCCn1ccc2ccc(Cl)cc21. The highest BCUT2D eigenvalue weighted by molar-refractivity contribution is 6.31. The van der Waals surface area contributed by atoms with Gasteiger partial charge in [0.05, 0.1) is 0 Å². The van der Waals surface area contributed by atoms with Gasteiger partial charge in [-0.2, -0.15) is 0 Å². The molecule has 0 bridgehead atoms. The normalized spacial score (nSPS) is 11.6. The van der Waals surface area contributed by atoms with Crippen LogP contribution in [0.1, 0.15) is 26.7 Å². The second-order valence-corrected chi connectivity index (χ2v) is 5.93. The number of halogens is 1. The zero-order chi connectivity index (χ0) is 13.7. The molecule has 0 amide bonds. The zero-order valence-corrected chi connectivity index (χ0v) is 12.6. The molecule has 0 radical (unpaired) electrons. The molecule has 2 rings (SSSR count). The van der Waals surface area contributed by atoms with Crippen LogP contribution in [0.5, 0.6) is 0 Å². The van der Waals surface area contributed by atoms with Crippen LogP contribution in [0.3, 0.4) is 0 Å². The van der Waals surface area contributed by atoms with E-state index < -0.39 is 0 Å². The van der Waals surface area contributed by atoms with Gasteiger partial charge in [-0.15, -0.1) is 0 Å². The minimum Gasteiger partial charge on any atom is -0.346 e. The molecule has 3 heteroatoms. The van der Waals surface area contributed by atoms with E-state index in [0.29, 0.717) is 0 Å². The molecule has 0 saturated heterocycles. The van der Waals surface area contributed by atoms with Crippen LogP contribution in [-0.4, -0.2) is 17.7 Å². The van der Waals surface area contributed by atoms with E-state index in [-0.39, 0.29) is 0 Å². The molecule has 0 fully saturated rings. The zero-order valence-electron chi connectivity index (χ0n) is 11.8. The predicted molar refractivity (Wildman–Crippen MR) is 83.9 cm³/mol. The van der Waals surface area contributed by atoms with Gasteiger partial charge in [-0.3, -0.25) is 0 Å². The molecule has 19 heavy (non-hydrogen) atoms. The van der Waals surface area contributed by atoms with Crippen LogP contribution in [0.25, 0.3) is 10.9 Å². The van der Waals surface area contributed by atoms with Crippen molar-refractivity contribution in [3.05, 3.63) is 35.5 Å². The molecular weight excluding hydrogens is 256 g/mol. The van der Waals surface area contributed by atoms with Crippen LogP contribution in [0, 0.1) is 5.92 Å². The summed E-state index contributed by atoms with van der Waals surface area (Å²) in [7, 11) is 0. The highest BCUT2D eigenvalue weighted by Gasteiger charge is 2.01. The van der Waals surface area contributed by atoms with Gasteiger partial charge in [0.2, 0.25) is 0 Å². The molecule has 1 heterocycles. The molecule has 0 spiro atoms. The van der Waals surface area contributed by atoms with E-state index in [1.165, 1.54) is 23.7 Å². The molecule has 0 atom stereocenters. The van der Waals surface area contributed by atoms with Crippen LogP contribution < -0.4 is 5.32 Å². The van der Waals surface area contributed by atoms with Gasteiger partial charge in [-0.1, -0.05) is 31.5 Å². The third-order valence-corrected chi connectivity index (χ3v) is 3.64. The van der Waals surface area contributed by atoms with Gasteiger partial charge in [0.15, 0.2) is 0 Å². The summed E-state index contributed by atoms with van der Waals surface area (Å²) in [5.41, 5.74) is 1.22. The first-order chi connectivity index (χ1) is 9.16. The van der Waals surface area contributed by atoms with E-state index >= 15 is 0 Å². The van der Waals surface area contributed by atoms with Gasteiger partial charge in [0.25, 0.3) is 0 Å². The number of aromatic nitrogens is 1. The maximum absolute atomic E-state index is 6.05. The molecule has 0 aliphatic heterocycles. The molecular formula is C16H23ClN2. The van der Waals surface area contributed by atoms with E-state index in [4.69, 9.17) is 11.6 Å². The third kappa shape index (κ3) is 4.26. The van der Waals surface area contributed by atoms with Crippen LogP contribution >= 0.6 is 11.6 Å². The van der Waals surface area contributed by atoms with Crippen LogP contribution in [0.2, 0.25) is 5.02 Å². The summed E-state index contributed by atoms with van der Waals surface area (Å²) in [6.07, 6.45) is 4.70. The first kappa shape index (κ1) is 14.4. The Morgan fingerprint density at radius 1 is 1.21 bits per heavy atom. The average Bonchev–Trinajstić information content (AvgIpc) is 2.76. The number of hydrogen-bond acceptors (Lipinski definition) is 1. The van der Waals surface area contributed by atoms with Gasteiger partial charge in [0.1, 0.15) is 0 Å². The molecule has 0 aliphatic rings. The summed E-state index contributed by atoms with van der Waals surface area (Å²) >= 11 is 6.05. The monoisotopic (exact) mass is 278 g/mol. The summed E-state index contributed by atoms with van der Waals surface area (Å²) in [5, 5.41) is 5.56. The summed E-state index contributed by atoms with van der Waals surface area (Å²) in [5.74, 6) is 0.803. The molecule has 1 aromatic heterocycles. The van der Waals surface area contributed by atoms with E-state index in [2.05, 4.69) is 42.1 Å². The Bertz CT molecular complexity index is 516. The van der Waals surface area contributed by atoms with Gasteiger partial charge in [0, 0.05) is 29.8 Å². The molecule has 2 nitrogen and oxygen atoms in total. The Kier molecular flexibility index (Phi) is 5.29. The molecule has 0 aliphatic carbocycles. The molecule has 2 aromatic rings. The van der Waals surface area contributed by atoms with Gasteiger partial charge in [-0.25, -0.2) is 0 Å². The lowest BCUT2D eigenvalue weighted by molar-refractivity contribution is 0.517. The highest BCUT2D eigenvalue weighted by Crippen LogP contribution is 2.20. The van der Waals surface area contributed by atoms with Crippen molar-refractivity contribution in [1.82, 2.24) is 9.88 Å². The average molecular weight is 279 g/mol. The van der Waals surface area contributed by atoms with E-state index in [1.807, 2.05) is 12.1 Å². The second kappa shape index (κ2) is 6.97. The number of fused-ring (bicyclic) bond motifs is 1. The predicted octanol–water partition coefficient (Wildman–Crippen LogP) is 4.32. The fraction of sp³-hybridized carbons (Fsp3) is 0.500. The van der Waals surface area contributed by atoms with E-state index in [0.717, 1.165) is 30.6 Å². The fourth-order valence-electron chi connectivity index (χ4n) is 2.31. The molecule has 1 N–H and O–H groups in total. The van der Waals surface area contributed by atoms with Crippen molar-refractivity contribution in [3.8, 4) is 0 Å². The number of benzene rings is 1. The van der Waals surface area contributed by atoms with E-state index in [9.17, 15) is 0 Å². The van der Waals surface area contributed by atoms with Gasteiger partial charge >= 0.3 is 0 Å². The van der Waals surface area contributed by atoms with Crippen LogP contribution in [0.4, 0.5) is 0 Å². The van der Waals surface area contributed by atoms with Crippen molar-refractivity contribution < 1.29 is 0 Å². The van der Waals surface area contributed by atoms with Crippen LogP contribution in [0.15, 0.2) is 30.5 Å². The maximum Gasteiger partial charge on any atom is 0.0495 e. The minimum absolute atomic E-state index is 0.803. The van der Waals surface area contributed by atoms with Crippen molar-refractivity contribution in [1.29, 1.82) is 0 Å². The number of nitrogens with zero attached hydrogens (tertiary/aromatic N) is 1. The number of nitrogens with one attached hydrogen (secondary N) is 1. The van der Waals surface area contributed by atoms with Crippen molar-refractivity contribution in [2.24, 2.45) is 5.92 Å². The van der Waals surface area contributed by atoms with Crippen molar-refractivity contribution >= 4 is 22.5 Å². The first-order valence-electron chi connectivity index (χ1n) is 7.12. The maximum atomic E-state index is 6.05. The van der Waals surface area contributed by atoms with Gasteiger partial charge < -0.3 is 9.88 Å². The Hall–Kier alpha value is -0.990. The summed E-state index contributed by atoms with van der Waals surface area (Å²) in [4.78, 5) is 0. The summed E-state index contributed by atoms with van der Waals surface area (Å²) in [6.45, 7) is 7.66. The smallest absolute Gasteiger partial charge is 0.0495 e. The largest absolute Gasteiger partial charge is 0.346 e. The third-order valence-electron chi connectivity index (χ3n) is 3.40. The molecule has 0 unspecified atom stereocenters. The Morgan fingerprint density at radius 3 is 2.84 bits per heavy atom. The summed E-state index contributed by atoms with van der Waals surface area (Å²) < 4.78 is 2.26. The quantitative estimate of drug-likeness (QED) is 0.747. The standard InChI is InChI=1S/C16H23ClN2/c1-13(2)4-3-8-18-9-11-19-10-7-14-5-6-15(17)12-16(14)19/h5-7,10,12-13,18H,3-4,8-9,11H2,1-2H3. The Morgan fingerprint density at radius 2 is 2.05 bits per heavy atom. The molecule has 1 aromatic carbocycles. The topological polar surface area (TPSA) is 17.0 Å². The fourth-order valence-corrected chi connectivity index (χ4v) is 2.48. The van der Waals surface area contributed by atoms with Crippen molar-refractivity contribution in [3.63, 3.8) is 0 Å². The van der Waals surface area contributed by atoms with Crippen molar-refractivity contribution in [2.75, 3.05) is 13.1 Å². The van der Waals surface area contributed by atoms with Crippen LogP contribution in [-0.2, 0) is 6.54 Å². The summed E-state index contributed by atoms with van der Waals surface area (Å²) in [6, 6.07) is 8.20. The lowest BCUT2D eigenvalue weighted by Gasteiger charge is -2.08. The number of hydrogen-bond donors (Lipinski definition) is 1. The second-order valence-electron chi connectivity index (χ2n) is 5.50. The highest BCUT2D eigenvalue weighted by atomic mass is 35.5. The Balaban J connectivity index is 1.80. The molecule has 104 valence electrons. The minimum atomic E-state index is 0.803. The number of rotatable bonds is 7. The lowest BCUT2D eigenvalue weighted by atomic mass is 10.1. The Labute approximate surface area is 120 Å². The van der Waals surface area contributed by atoms with Gasteiger partial charge in [-0.05, 0) is 48.9 Å². The van der Waals surface area contributed by atoms with Crippen molar-refractivity contribution in [2.45, 2.75) is 33.2 Å². The molecule has 0 saturated carbocycles. The first-order valence-corrected chi connectivity index (χ1v) is 7.50. The lowest BCUT2D eigenvalue weighted by Crippen LogP contribution is -2.21.